The van der Waals surface area contributed by atoms with Gasteiger partial charge in [-0.05, 0) is 30.9 Å². The van der Waals surface area contributed by atoms with Crippen molar-refractivity contribution in [2.24, 2.45) is 29.1 Å². The van der Waals surface area contributed by atoms with E-state index in [2.05, 4.69) is 13.8 Å². The van der Waals surface area contributed by atoms with Crippen LogP contribution >= 0.6 is 0 Å². The van der Waals surface area contributed by atoms with Crippen molar-refractivity contribution < 1.29 is 35.4 Å². The maximum Gasteiger partial charge on any atom is 0.190 e. The van der Waals surface area contributed by atoms with Gasteiger partial charge in [-0.1, -0.05) is 105 Å². The molecule has 4 aliphatic carbocycles. The van der Waals surface area contributed by atoms with Gasteiger partial charge in [0.05, 0.1) is 24.4 Å². The molecule has 0 aromatic carbocycles. The highest BCUT2D eigenvalue weighted by atomic mass is 16.4. The van der Waals surface area contributed by atoms with Gasteiger partial charge in [-0.2, -0.15) is 0 Å². The number of ketones is 1. The fourth-order valence-electron chi connectivity index (χ4n) is 8.34. The summed E-state index contributed by atoms with van der Waals surface area (Å²) in [5.74, 6) is -3.14. The van der Waals surface area contributed by atoms with E-state index in [1.165, 1.54) is 57.8 Å². The third-order valence-electron chi connectivity index (χ3n) is 11.2. The average Bonchev–Trinajstić information content (AvgIpc) is 3.34. The van der Waals surface area contributed by atoms with Gasteiger partial charge in [-0.3, -0.25) is 4.79 Å². The van der Waals surface area contributed by atoms with Gasteiger partial charge in [-0.25, -0.2) is 0 Å². The van der Waals surface area contributed by atoms with Gasteiger partial charge in [0.25, 0.3) is 0 Å². The summed E-state index contributed by atoms with van der Waals surface area (Å²) in [4.78, 5) is 12.7. The van der Waals surface area contributed by atoms with Crippen molar-refractivity contribution in [3.8, 4) is 0 Å². The van der Waals surface area contributed by atoms with Crippen molar-refractivity contribution >= 4 is 5.78 Å². The predicted molar refractivity (Wildman–Crippen MR) is 161 cm³/mol. The molecule has 0 radical (unpaired) electrons. The minimum Gasteiger partial charge on any atom is -0.393 e. The van der Waals surface area contributed by atoms with Crippen LogP contribution in [0.2, 0.25) is 0 Å². The molecule has 4 aliphatic rings. The average molecular weight is 579 g/mol. The van der Waals surface area contributed by atoms with Gasteiger partial charge in [0, 0.05) is 35.5 Å². The van der Waals surface area contributed by atoms with Crippen LogP contribution < -0.4 is 0 Å². The Morgan fingerprint density at radius 3 is 2.05 bits per heavy atom. The lowest BCUT2D eigenvalue weighted by molar-refractivity contribution is -0.209. The highest BCUT2D eigenvalue weighted by Crippen LogP contribution is 2.74. The predicted octanol–water partition coefficient (Wildman–Crippen LogP) is 4.61. The second kappa shape index (κ2) is 13.3. The number of Topliss-reactive ketones (excluding diaryl/α,β-unsaturated/α-hetero) is 1. The molecule has 4 rings (SSSR count). The Morgan fingerprint density at radius 1 is 0.951 bits per heavy atom. The van der Waals surface area contributed by atoms with Crippen LogP contribution in [0, 0.1) is 29.1 Å². The number of carbonyl (C=O) groups excluding carboxylic acids is 1. The summed E-state index contributed by atoms with van der Waals surface area (Å²) in [6.45, 7) is 10.9. The molecular formula is C34H58O7. The number of carbonyl (C=O) groups is 1. The third kappa shape index (κ3) is 6.01. The summed E-state index contributed by atoms with van der Waals surface area (Å²) in [6.07, 6.45) is 16.2. The fraction of sp³-hybridized carbons (Fsp3) is 0.853. The molecular weight excluding hydrogens is 520 g/mol. The number of hydrogen-bond donors (Lipinski definition) is 6. The molecule has 0 spiro atoms. The first-order valence-electron chi connectivity index (χ1n) is 16.3. The Hall–Kier alpha value is -1.09. The number of hydrogen-bond acceptors (Lipinski definition) is 7. The smallest absolute Gasteiger partial charge is 0.190 e. The van der Waals surface area contributed by atoms with Crippen molar-refractivity contribution in [3.05, 3.63) is 23.3 Å². The van der Waals surface area contributed by atoms with Crippen molar-refractivity contribution in [2.75, 3.05) is 6.61 Å². The summed E-state index contributed by atoms with van der Waals surface area (Å²) in [5, 5.41) is 64.3. The van der Waals surface area contributed by atoms with Gasteiger partial charge >= 0.3 is 0 Å². The van der Waals surface area contributed by atoms with Crippen LogP contribution in [-0.2, 0) is 4.79 Å². The van der Waals surface area contributed by atoms with Crippen LogP contribution in [0.1, 0.15) is 119 Å². The van der Waals surface area contributed by atoms with E-state index in [1.54, 1.807) is 26.0 Å². The van der Waals surface area contributed by atoms with Gasteiger partial charge in [0.15, 0.2) is 5.78 Å². The first-order valence-corrected chi connectivity index (χ1v) is 16.3. The third-order valence-corrected chi connectivity index (χ3v) is 11.2. The van der Waals surface area contributed by atoms with Gasteiger partial charge in [-0.15, -0.1) is 0 Å². The Balaban J connectivity index is 0.000000266. The summed E-state index contributed by atoms with van der Waals surface area (Å²) in [7, 11) is 0. The van der Waals surface area contributed by atoms with Crippen LogP contribution in [0.3, 0.4) is 0 Å². The van der Waals surface area contributed by atoms with E-state index >= 15 is 0 Å². The van der Waals surface area contributed by atoms with Crippen molar-refractivity contribution in [3.63, 3.8) is 0 Å². The molecule has 0 aromatic heterocycles. The first-order chi connectivity index (χ1) is 19.2. The van der Waals surface area contributed by atoms with Crippen LogP contribution in [0.25, 0.3) is 0 Å². The topological polar surface area (TPSA) is 138 Å². The van der Waals surface area contributed by atoms with Crippen LogP contribution in [0.4, 0.5) is 0 Å². The van der Waals surface area contributed by atoms with Crippen molar-refractivity contribution in [1.29, 1.82) is 0 Å². The van der Waals surface area contributed by atoms with E-state index < -0.39 is 57.8 Å². The number of unbranched alkanes of at least 4 members (excludes halogenated alkanes) is 8. The molecule has 9 atom stereocenters. The van der Waals surface area contributed by atoms with Gasteiger partial charge in [0.1, 0.15) is 11.2 Å². The molecule has 1 unspecified atom stereocenters. The van der Waals surface area contributed by atoms with Crippen LogP contribution in [-0.4, -0.2) is 72.0 Å². The summed E-state index contributed by atoms with van der Waals surface area (Å²) >= 11 is 0. The molecule has 6 N–H and O–H groups in total. The summed E-state index contributed by atoms with van der Waals surface area (Å²) in [6, 6.07) is 0. The quantitative estimate of drug-likeness (QED) is 0.147. The minimum atomic E-state index is -1.84. The Bertz CT molecular complexity index is 972. The summed E-state index contributed by atoms with van der Waals surface area (Å²) in [5.41, 5.74) is -4.57. The first kappa shape index (κ1) is 34.4. The van der Waals surface area contributed by atoms with E-state index in [1.807, 2.05) is 13.8 Å². The van der Waals surface area contributed by atoms with Crippen molar-refractivity contribution in [1.82, 2.24) is 0 Å². The molecule has 2 saturated carbocycles. The maximum absolute atomic E-state index is 12.7. The zero-order valence-electron chi connectivity index (χ0n) is 26.4. The van der Waals surface area contributed by atoms with E-state index in [9.17, 15) is 35.4 Å². The van der Waals surface area contributed by atoms with E-state index in [0.717, 1.165) is 12.8 Å². The largest absolute Gasteiger partial charge is 0.393 e. The minimum absolute atomic E-state index is 0.0467. The molecule has 7 nitrogen and oxygen atoms in total. The lowest BCUT2D eigenvalue weighted by Gasteiger charge is -2.51. The Labute approximate surface area is 247 Å². The molecule has 0 heterocycles. The molecule has 0 saturated heterocycles. The lowest BCUT2D eigenvalue weighted by Crippen LogP contribution is -2.65. The SMILES string of the molecule is CC1=C[C@H]2[C@@]3(O)[C@H](C)[C@@H](O)[C@]4(O)[C@@H]([C@@H]3C=C(CO)C[C@]2(O)C1=O)C4(C)C.CCCCCCCCCCCC(O)CC. The molecule has 2 fully saturated rings. The molecule has 41 heavy (non-hydrogen) atoms. The molecule has 236 valence electrons. The second-order valence-corrected chi connectivity index (χ2v) is 14.1. The number of rotatable bonds is 12. The lowest BCUT2D eigenvalue weighted by atomic mass is 9.59. The molecule has 0 amide bonds. The summed E-state index contributed by atoms with van der Waals surface area (Å²) < 4.78 is 0. The molecule has 7 heteroatoms. The number of fused-ring (bicyclic) bond motifs is 5. The van der Waals surface area contributed by atoms with Gasteiger partial charge < -0.3 is 30.6 Å². The Morgan fingerprint density at radius 2 is 1.51 bits per heavy atom. The maximum atomic E-state index is 12.7. The van der Waals surface area contributed by atoms with Crippen molar-refractivity contribution in [2.45, 2.75) is 148 Å². The highest BCUT2D eigenvalue weighted by Gasteiger charge is 2.84. The normalized spacial score (nSPS) is 39.3. The number of aliphatic hydroxyl groups is 6. The Kier molecular flexibility index (Phi) is 11.1. The van der Waals surface area contributed by atoms with Crippen LogP contribution in [0.5, 0.6) is 0 Å². The second-order valence-electron chi connectivity index (χ2n) is 14.1. The van der Waals surface area contributed by atoms with E-state index in [-0.39, 0.29) is 19.1 Å². The van der Waals surface area contributed by atoms with E-state index in [0.29, 0.717) is 11.1 Å². The van der Waals surface area contributed by atoms with Crippen LogP contribution in [0.15, 0.2) is 23.3 Å². The fourth-order valence-corrected chi connectivity index (χ4v) is 8.34. The number of aliphatic hydroxyl groups excluding tert-OH is 3. The molecule has 0 aromatic rings. The highest BCUT2D eigenvalue weighted by molar-refractivity contribution is 6.04. The monoisotopic (exact) mass is 578 g/mol. The van der Waals surface area contributed by atoms with E-state index in [4.69, 9.17) is 0 Å². The standard InChI is InChI=1S/C20H28O6.C14H30O/c1-9-5-13-18(24,15(9)22)7-11(8-21)6-12-14-17(3,4)20(14,26)16(23)10(2)19(12,13)25;1-3-5-6-7-8-9-10-11-12-13-14(15)4-2/h5-6,10,12-14,16,21,23-26H,7-8H2,1-4H3;14-15H,3-13H2,1-2H3/t10-,12+,13-,14+,16-,18-,19-,20-;/m1./s1. The molecule has 0 aliphatic heterocycles. The zero-order valence-corrected chi connectivity index (χ0v) is 26.4. The van der Waals surface area contributed by atoms with Gasteiger partial charge in [0.2, 0.25) is 0 Å². The molecule has 0 bridgehead atoms. The zero-order chi connectivity index (χ0) is 30.8.